The van der Waals surface area contributed by atoms with Gasteiger partial charge >= 0.3 is 5.97 Å². The molecule has 1 atom stereocenters. The lowest BCUT2D eigenvalue weighted by atomic mass is 10.1. The number of unbranched alkanes of at least 4 members (excludes halogenated alkanes) is 8. The van der Waals surface area contributed by atoms with Crippen LogP contribution in [0, 0.1) is 0 Å². The Balaban J connectivity index is 3.80. The molecule has 0 bridgehead atoms. The van der Waals surface area contributed by atoms with Crippen LogP contribution in [0.25, 0.3) is 0 Å². The third-order valence-corrected chi connectivity index (χ3v) is 4.01. The molecule has 6 heteroatoms. The van der Waals surface area contributed by atoms with Crippen molar-refractivity contribution in [2.45, 2.75) is 90.0 Å². The lowest BCUT2D eigenvalue weighted by Gasteiger charge is -2.15. The lowest BCUT2D eigenvalue weighted by Crippen LogP contribution is -2.42. The summed E-state index contributed by atoms with van der Waals surface area (Å²) < 4.78 is 4.64. The largest absolute Gasteiger partial charge is 0.467 e. The molecule has 0 radical (unpaired) electrons. The SMILES string of the molecule is CCCCCCCCCCCC(=O)N[C@@H](CCC(N)=O)C(=O)OC. The third kappa shape index (κ3) is 12.9. The van der Waals surface area contributed by atoms with Crippen molar-refractivity contribution in [2.24, 2.45) is 5.73 Å². The summed E-state index contributed by atoms with van der Waals surface area (Å²) in [4.78, 5) is 34.3. The predicted octanol–water partition coefficient (Wildman–Crippen LogP) is 2.83. The van der Waals surface area contributed by atoms with E-state index in [0.717, 1.165) is 19.3 Å². The highest BCUT2D eigenvalue weighted by Crippen LogP contribution is 2.10. The van der Waals surface area contributed by atoms with Crippen LogP contribution < -0.4 is 11.1 Å². The van der Waals surface area contributed by atoms with Crippen molar-refractivity contribution in [3.8, 4) is 0 Å². The molecule has 140 valence electrons. The van der Waals surface area contributed by atoms with Gasteiger partial charge in [0.05, 0.1) is 7.11 Å². The normalized spacial score (nSPS) is 11.8. The lowest BCUT2D eigenvalue weighted by molar-refractivity contribution is -0.145. The second kappa shape index (κ2) is 15.0. The van der Waals surface area contributed by atoms with E-state index in [0.29, 0.717) is 6.42 Å². The zero-order chi connectivity index (χ0) is 18.2. The van der Waals surface area contributed by atoms with Gasteiger partial charge in [0.1, 0.15) is 6.04 Å². The van der Waals surface area contributed by atoms with Gasteiger partial charge in [-0.3, -0.25) is 9.59 Å². The number of carbonyl (C=O) groups excluding carboxylic acids is 3. The van der Waals surface area contributed by atoms with E-state index in [1.165, 1.54) is 45.6 Å². The van der Waals surface area contributed by atoms with Crippen molar-refractivity contribution < 1.29 is 19.1 Å². The van der Waals surface area contributed by atoms with Crippen molar-refractivity contribution in [1.29, 1.82) is 0 Å². The summed E-state index contributed by atoms with van der Waals surface area (Å²) in [5.41, 5.74) is 5.07. The molecule has 0 rings (SSSR count). The Morgan fingerprint density at radius 1 is 0.917 bits per heavy atom. The number of nitrogens with one attached hydrogen (secondary N) is 1. The predicted molar refractivity (Wildman–Crippen MR) is 94.2 cm³/mol. The van der Waals surface area contributed by atoms with Gasteiger partial charge in [-0.2, -0.15) is 0 Å². The van der Waals surface area contributed by atoms with Crippen molar-refractivity contribution in [3.05, 3.63) is 0 Å². The number of nitrogens with two attached hydrogens (primary N) is 1. The van der Waals surface area contributed by atoms with Crippen molar-refractivity contribution in [2.75, 3.05) is 7.11 Å². The van der Waals surface area contributed by atoms with Gasteiger partial charge in [0.25, 0.3) is 0 Å². The molecule has 0 fully saturated rings. The van der Waals surface area contributed by atoms with Crippen LogP contribution in [0.2, 0.25) is 0 Å². The smallest absolute Gasteiger partial charge is 0.328 e. The number of carbonyl (C=O) groups is 3. The summed E-state index contributed by atoms with van der Waals surface area (Å²) in [6.07, 6.45) is 11.3. The van der Waals surface area contributed by atoms with Crippen molar-refractivity contribution >= 4 is 17.8 Å². The van der Waals surface area contributed by atoms with E-state index in [4.69, 9.17) is 5.73 Å². The van der Waals surface area contributed by atoms with Gasteiger partial charge in [-0.05, 0) is 12.8 Å². The minimum Gasteiger partial charge on any atom is -0.467 e. The zero-order valence-electron chi connectivity index (χ0n) is 15.3. The number of hydrogen-bond donors (Lipinski definition) is 2. The van der Waals surface area contributed by atoms with Crippen LogP contribution in [0.4, 0.5) is 0 Å². The maximum atomic E-state index is 11.9. The van der Waals surface area contributed by atoms with Gasteiger partial charge in [-0.15, -0.1) is 0 Å². The molecule has 0 aliphatic carbocycles. The Labute approximate surface area is 145 Å². The summed E-state index contributed by atoms with van der Waals surface area (Å²) in [6, 6.07) is -0.798. The molecule has 0 saturated carbocycles. The molecular formula is C18H34N2O4. The van der Waals surface area contributed by atoms with E-state index in [-0.39, 0.29) is 18.7 Å². The molecule has 0 heterocycles. The second-order valence-electron chi connectivity index (χ2n) is 6.23. The molecule has 0 aliphatic heterocycles. The van der Waals surface area contributed by atoms with E-state index in [9.17, 15) is 14.4 Å². The summed E-state index contributed by atoms with van der Waals surface area (Å²) >= 11 is 0. The first-order chi connectivity index (χ1) is 11.5. The van der Waals surface area contributed by atoms with Gasteiger partial charge in [0.15, 0.2) is 0 Å². The molecular weight excluding hydrogens is 308 g/mol. The fourth-order valence-corrected chi connectivity index (χ4v) is 2.54. The molecule has 0 aromatic heterocycles. The first-order valence-electron chi connectivity index (χ1n) is 9.16. The Morgan fingerprint density at radius 3 is 1.96 bits per heavy atom. The summed E-state index contributed by atoms with van der Waals surface area (Å²) in [5.74, 6) is -1.23. The van der Waals surface area contributed by atoms with E-state index >= 15 is 0 Å². The maximum absolute atomic E-state index is 11.9. The molecule has 0 aromatic rings. The molecule has 3 N–H and O–H groups in total. The quantitative estimate of drug-likeness (QED) is 0.353. The van der Waals surface area contributed by atoms with Crippen LogP contribution in [0.1, 0.15) is 84.0 Å². The summed E-state index contributed by atoms with van der Waals surface area (Å²) in [7, 11) is 1.26. The second-order valence-corrected chi connectivity index (χ2v) is 6.23. The molecule has 24 heavy (non-hydrogen) atoms. The molecule has 0 unspecified atom stereocenters. The van der Waals surface area contributed by atoms with Gasteiger partial charge in [0.2, 0.25) is 11.8 Å². The number of methoxy groups -OCH3 is 1. The fourth-order valence-electron chi connectivity index (χ4n) is 2.54. The van der Waals surface area contributed by atoms with E-state index in [1.54, 1.807) is 0 Å². The van der Waals surface area contributed by atoms with E-state index < -0.39 is 17.9 Å². The Hall–Kier alpha value is -1.59. The highest BCUT2D eigenvalue weighted by molar-refractivity contribution is 5.85. The number of rotatable bonds is 15. The number of esters is 1. The molecule has 0 aromatic carbocycles. The molecule has 0 aliphatic rings. The number of primary amides is 1. The fraction of sp³-hybridized carbons (Fsp3) is 0.833. The molecule has 2 amide bonds. The monoisotopic (exact) mass is 342 g/mol. The van der Waals surface area contributed by atoms with Gasteiger partial charge < -0.3 is 15.8 Å². The van der Waals surface area contributed by atoms with Crippen LogP contribution in [-0.4, -0.2) is 30.9 Å². The van der Waals surface area contributed by atoms with Crippen molar-refractivity contribution in [3.63, 3.8) is 0 Å². The number of hydrogen-bond acceptors (Lipinski definition) is 4. The van der Waals surface area contributed by atoms with Crippen LogP contribution in [0.5, 0.6) is 0 Å². The first-order valence-corrected chi connectivity index (χ1v) is 9.16. The van der Waals surface area contributed by atoms with Gasteiger partial charge in [-0.1, -0.05) is 58.3 Å². The highest BCUT2D eigenvalue weighted by Gasteiger charge is 2.21. The van der Waals surface area contributed by atoms with Crippen LogP contribution in [-0.2, 0) is 19.1 Å². The van der Waals surface area contributed by atoms with E-state index in [2.05, 4.69) is 17.0 Å². The van der Waals surface area contributed by atoms with Crippen LogP contribution >= 0.6 is 0 Å². The molecule has 0 saturated heterocycles. The van der Waals surface area contributed by atoms with Crippen molar-refractivity contribution in [1.82, 2.24) is 5.32 Å². The summed E-state index contributed by atoms with van der Waals surface area (Å²) in [5, 5.41) is 2.63. The van der Waals surface area contributed by atoms with Gasteiger partial charge in [0, 0.05) is 12.8 Å². The molecule has 0 spiro atoms. The van der Waals surface area contributed by atoms with Crippen LogP contribution in [0.15, 0.2) is 0 Å². The van der Waals surface area contributed by atoms with Crippen LogP contribution in [0.3, 0.4) is 0 Å². The van der Waals surface area contributed by atoms with E-state index in [1.807, 2.05) is 0 Å². The maximum Gasteiger partial charge on any atom is 0.328 e. The third-order valence-electron chi connectivity index (χ3n) is 4.01. The standard InChI is InChI=1S/C18H34N2O4/c1-3-4-5-6-7-8-9-10-11-12-17(22)20-15(18(23)24-2)13-14-16(19)21/h15H,3-14H2,1-2H3,(H2,19,21)(H,20,22)/t15-/m0/s1. The Bertz CT molecular complexity index is 372. The highest BCUT2D eigenvalue weighted by atomic mass is 16.5. The number of amides is 2. The average molecular weight is 342 g/mol. The van der Waals surface area contributed by atoms with Gasteiger partial charge in [-0.25, -0.2) is 4.79 Å². The zero-order valence-corrected chi connectivity index (χ0v) is 15.3. The minimum absolute atomic E-state index is 0.0398. The Kier molecular flexibility index (Phi) is 14.0. The Morgan fingerprint density at radius 2 is 1.46 bits per heavy atom. The summed E-state index contributed by atoms with van der Waals surface area (Å²) in [6.45, 7) is 2.21. The minimum atomic E-state index is -0.798. The average Bonchev–Trinajstić information content (AvgIpc) is 2.56. The molecule has 6 nitrogen and oxygen atoms in total. The first kappa shape index (κ1) is 22.4. The number of ether oxygens (including phenoxy) is 1. The topological polar surface area (TPSA) is 98.5 Å².